The van der Waals surface area contributed by atoms with Crippen LogP contribution in [0.25, 0.3) is 21.8 Å². The van der Waals surface area contributed by atoms with Crippen molar-refractivity contribution in [3.05, 3.63) is 273 Å². The van der Waals surface area contributed by atoms with Crippen LogP contribution in [0, 0.1) is 0 Å². The number of Topliss-reactive ketones (excluding diaryl/α,β-unsaturated/α-hetero) is 2. The molecule has 0 spiro atoms. The van der Waals surface area contributed by atoms with Crippen molar-refractivity contribution in [3.8, 4) is 0 Å². The topological polar surface area (TPSA) is 221 Å². The molecule has 2 aliphatic heterocycles. The van der Waals surface area contributed by atoms with E-state index in [0.29, 0.717) is 69.2 Å². The molecule has 18 nitrogen and oxygen atoms in total. The standard InChI is InChI=1S/C32H34ClN5O3.C32H33ClN4O3.C12H12NO2P.2CH4/c1-20-18-37(21(2)17-36(20)29(22-11-7-5-8-12-22)23-13-9-6-10-14-23)31(40)25-15-24-26(30(39)32(41)35(3)4)19-38(34)28(24)16-27(25)33;1-20-19-37(21(2)18-36(20)29(22-11-7-5-8-12-22)23-13-9-6-10-14-23)31(39)25-15-24-26(30(38)32(40)35(3)4)17-34-28(24)16-27(25)33;13-15-16(14,11-7-3-1-4-8-11)12-9-5-2-6-10-12;;/h5-16,19-21,29H,17-18,34H2,1-4H3;5-17,20-21,29,34H,18-19H2,1-4H3;1-10H,13H2;2*1H4/t2*20-,21+;;;/m00.../s1. The van der Waals surface area contributed by atoms with Crippen LogP contribution in [-0.2, 0) is 18.8 Å². The second-order valence-electron chi connectivity index (χ2n) is 24.9. The predicted molar refractivity (Wildman–Crippen MR) is 398 cm³/mol. The Morgan fingerprint density at radius 3 is 1.19 bits per heavy atom. The molecule has 0 aliphatic carbocycles. The fourth-order valence-electron chi connectivity index (χ4n) is 12.9. The van der Waals surface area contributed by atoms with Crippen molar-refractivity contribution >= 4 is 98.2 Å². The fraction of sp³-hybridized carbons (Fsp3) is 0.256. The summed E-state index contributed by atoms with van der Waals surface area (Å²) in [5.74, 6) is 8.23. The zero-order valence-corrected chi connectivity index (χ0v) is 57.7. The molecular weight excluding hydrogens is 1310 g/mol. The van der Waals surface area contributed by atoms with Crippen LogP contribution >= 0.6 is 30.6 Å². The van der Waals surface area contributed by atoms with Crippen LogP contribution in [0.15, 0.2) is 219 Å². The Kier molecular flexibility index (Phi) is 25.0. The van der Waals surface area contributed by atoms with Gasteiger partial charge in [0.25, 0.3) is 42.6 Å². The molecule has 0 radical (unpaired) electrons. The van der Waals surface area contributed by atoms with Crippen LogP contribution in [0.4, 0.5) is 0 Å². The number of nitrogens with two attached hydrogens (primary N) is 2. The maximum absolute atomic E-state index is 14.0. The Hall–Kier alpha value is -9.49. The van der Waals surface area contributed by atoms with Crippen LogP contribution in [0.3, 0.4) is 0 Å². The minimum absolute atomic E-state index is 0. The Labute approximate surface area is 590 Å². The van der Waals surface area contributed by atoms with Gasteiger partial charge in [0, 0.05) is 118 Å². The van der Waals surface area contributed by atoms with Crippen LogP contribution in [0.2, 0.25) is 10.0 Å². The minimum Gasteiger partial charge on any atom is -0.360 e. The summed E-state index contributed by atoms with van der Waals surface area (Å²) in [6.45, 7) is 10.7. The lowest BCUT2D eigenvalue weighted by atomic mass is 9.93. The molecule has 4 heterocycles. The molecule has 2 aromatic heterocycles. The van der Waals surface area contributed by atoms with Gasteiger partial charge in [-0.3, -0.25) is 47.8 Å². The van der Waals surface area contributed by atoms with Gasteiger partial charge >= 0.3 is 0 Å². The number of fused-ring (bicyclic) bond motifs is 2. The minimum atomic E-state index is -3.13. The van der Waals surface area contributed by atoms with Crippen molar-refractivity contribution in [3.63, 3.8) is 0 Å². The summed E-state index contributed by atoms with van der Waals surface area (Å²) in [6, 6.07) is 66.1. The van der Waals surface area contributed by atoms with Crippen LogP contribution < -0.4 is 22.3 Å². The summed E-state index contributed by atoms with van der Waals surface area (Å²) in [4.78, 5) is 92.5. The fourth-order valence-corrected chi connectivity index (χ4v) is 15.0. The normalized spacial score (nSPS) is 16.3. The highest BCUT2D eigenvalue weighted by Crippen LogP contribution is 2.43. The molecule has 516 valence electrons. The van der Waals surface area contributed by atoms with Gasteiger partial charge in [0.2, 0.25) is 0 Å². The molecule has 0 unspecified atom stereocenters. The van der Waals surface area contributed by atoms with Crippen molar-refractivity contribution < 1.29 is 38.0 Å². The number of nitrogen functional groups attached to an aromatic ring is 1. The van der Waals surface area contributed by atoms with E-state index < -0.39 is 30.7 Å². The zero-order valence-electron chi connectivity index (χ0n) is 55.3. The number of carbonyl (C=O) groups excluding carboxylic acids is 6. The lowest BCUT2D eigenvalue weighted by Gasteiger charge is -2.47. The van der Waals surface area contributed by atoms with E-state index in [-0.39, 0.29) is 84.6 Å². The molecule has 4 amide bonds. The van der Waals surface area contributed by atoms with Gasteiger partial charge < -0.3 is 30.4 Å². The number of H-pyrrole nitrogens is 1. The number of benzene rings is 8. The monoisotopic (exact) mass is 1390 g/mol. The highest BCUT2D eigenvalue weighted by atomic mass is 35.5. The molecule has 2 saturated heterocycles. The smallest absolute Gasteiger partial charge is 0.294 e. The lowest BCUT2D eigenvalue weighted by Crippen LogP contribution is -2.58. The van der Waals surface area contributed by atoms with E-state index in [1.165, 1.54) is 77.3 Å². The maximum atomic E-state index is 14.0. The number of rotatable bonds is 15. The summed E-state index contributed by atoms with van der Waals surface area (Å²) in [7, 11) is 2.95. The Bertz CT molecular complexity index is 4390. The average molecular weight is 1390 g/mol. The number of ketones is 2. The summed E-state index contributed by atoms with van der Waals surface area (Å²) >= 11 is 13.2. The van der Waals surface area contributed by atoms with E-state index in [1.54, 1.807) is 48.5 Å². The maximum Gasteiger partial charge on any atom is 0.294 e. The summed E-state index contributed by atoms with van der Waals surface area (Å²) in [6.07, 6.45) is 2.89. The van der Waals surface area contributed by atoms with Crippen molar-refractivity contribution in [1.29, 1.82) is 0 Å². The number of piperazine rings is 2. The molecule has 0 saturated carbocycles. The second kappa shape index (κ2) is 32.9. The summed E-state index contributed by atoms with van der Waals surface area (Å²) in [5, 5.41) is 2.64. The number of amides is 4. The predicted octanol–water partition coefficient (Wildman–Crippen LogP) is 13.1. The van der Waals surface area contributed by atoms with E-state index in [0.717, 1.165) is 0 Å². The van der Waals surface area contributed by atoms with E-state index in [9.17, 15) is 33.3 Å². The number of hydrogen-bond donors (Lipinski definition) is 3. The molecular formula is C78H87Cl2N10O8P. The molecule has 2 fully saturated rings. The van der Waals surface area contributed by atoms with Gasteiger partial charge in [-0.05, 0) is 98.5 Å². The first kappa shape index (κ1) is 75.3. The molecule has 2 aliphatic rings. The highest BCUT2D eigenvalue weighted by Gasteiger charge is 2.40. The number of hydrogen-bond acceptors (Lipinski definition) is 12. The Morgan fingerprint density at radius 1 is 0.485 bits per heavy atom. The molecule has 0 bridgehead atoms. The zero-order chi connectivity index (χ0) is 69.4. The summed E-state index contributed by atoms with van der Waals surface area (Å²) in [5.41, 5.74) is 6.80. The number of aromatic amines is 1. The van der Waals surface area contributed by atoms with Crippen LogP contribution in [0.1, 0.15) is 118 Å². The van der Waals surface area contributed by atoms with Gasteiger partial charge in [0.15, 0.2) is 0 Å². The van der Waals surface area contributed by atoms with E-state index in [4.69, 9.17) is 39.6 Å². The third-order valence-electron chi connectivity index (χ3n) is 17.9. The van der Waals surface area contributed by atoms with Crippen molar-refractivity contribution in [2.45, 2.75) is 78.8 Å². The molecule has 5 N–H and O–H groups in total. The van der Waals surface area contributed by atoms with E-state index in [1.807, 2.05) is 77.4 Å². The van der Waals surface area contributed by atoms with Crippen molar-refractivity contribution in [2.75, 3.05) is 60.2 Å². The van der Waals surface area contributed by atoms with Gasteiger partial charge in [-0.2, -0.15) is 0 Å². The number of nitrogens with zero attached hydrogens (tertiary/aromatic N) is 7. The Morgan fingerprint density at radius 2 is 0.828 bits per heavy atom. The van der Waals surface area contributed by atoms with Gasteiger partial charge in [0.1, 0.15) is 0 Å². The van der Waals surface area contributed by atoms with Gasteiger partial charge in [-0.15, -0.1) is 0 Å². The van der Waals surface area contributed by atoms with Crippen LogP contribution in [0.5, 0.6) is 0 Å². The SMILES string of the molecule is C.C.C[C@@H]1CN(C(c2ccccc2)c2ccccc2)[C@@H](C)CN1C(=O)c1cc2c(C(=O)C(=O)N(C)C)c[nH]c2cc1Cl.C[C@@H]1CN(C(c2ccccc2)c2ccccc2)[C@@H](C)CN1C(=O)c1cc2c(C(=O)C(=O)N(C)C)cn(N)c2cc1Cl.NOP(=O)(c1ccccc1)c1ccccc1. The van der Waals surface area contributed by atoms with Gasteiger partial charge in [-0.1, -0.05) is 196 Å². The molecule has 4 atom stereocenters. The molecule has 99 heavy (non-hydrogen) atoms. The van der Waals surface area contributed by atoms with Crippen molar-refractivity contribution in [2.24, 2.45) is 5.90 Å². The highest BCUT2D eigenvalue weighted by molar-refractivity contribution is 7.74. The van der Waals surface area contributed by atoms with Gasteiger partial charge in [0.05, 0.1) is 49.9 Å². The summed E-state index contributed by atoms with van der Waals surface area (Å²) < 4.78 is 18.7. The van der Waals surface area contributed by atoms with Gasteiger partial charge in [-0.25, -0.2) is 10.5 Å². The third-order valence-corrected chi connectivity index (χ3v) is 20.8. The number of carbonyl (C=O) groups is 6. The molecule has 12 rings (SSSR count). The number of halogens is 2. The first-order valence-electron chi connectivity index (χ1n) is 31.9. The molecule has 21 heteroatoms. The average Bonchev–Trinajstić information content (AvgIpc) is 1.72. The van der Waals surface area contributed by atoms with E-state index in [2.05, 4.69) is 133 Å². The Balaban J connectivity index is 0.000000203. The van der Waals surface area contributed by atoms with Crippen LogP contribution in [-0.4, -0.2) is 153 Å². The second-order valence-corrected chi connectivity index (χ2v) is 28.1. The first-order valence-corrected chi connectivity index (χ1v) is 34.3. The quantitative estimate of drug-likeness (QED) is 0.0287. The number of likely N-dealkylation sites (N-methyl/N-ethyl adjacent to an activating group) is 2. The van der Waals surface area contributed by atoms with Crippen molar-refractivity contribution in [1.82, 2.24) is 39.1 Å². The number of nitrogens with one attached hydrogen (secondary N) is 1. The molecule has 8 aromatic carbocycles. The third kappa shape index (κ3) is 16.2. The first-order chi connectivity index (χ1) is 46.5. The largest absolute Gasteiger partial charge is 0.360 e. The lowest BCUT2D eigenvalue weighted by molar-refractivity contribution is -0.124. The van der Waals surface area contributed by atoms with E-state index >= 15 is 0 Å². The number of aromatic nitrogens is 2. The molecule has 10 aromatic rings.